The van der Waals surface area contributed by atoms with E-state index in [0.29, 0.717) is 17.3 Å². The molecule has 3 unspecified atom stereocenters. The Morgan fingerprint density at radius 3 is 2.50 bits per heavy atom. The van der Waals surface area contributed by atoms with Gasteiger partial charge in [-0.3, -0.25) is 10.6 Å². The van der Waals surface area contributed by atoms with Crippen molar-refractivity contribution < 1.29 is 19.1 Å². The SMILES string of the molecule is COc1ccc(-n2nc(C(C)(C)C)cc2NC(=O)Nc2ccc(OC3CCNC4NC(=O)NC43)c3ccccc23)cc1. The van der Waals surface area contributed by atoms with Gasteiger partial charge in [0.2, 0.25) is 0 Å². The van der Waals surface area contributed by atoms with Crippen LogP contribution in [0.1, 0.15) is 32.9 Å². The van der Waals surface area contributed by atoms with Crippen LogP contribution in [-0.2, 0) is 5.41 Å². The number of nitrogens with one attached hydrogen (secondary N) is 5. The Hall–Kier alpha value is -4.77. The molecule has 6 rings (SSSR count). The minimum absolute atomic E-state index is 0.169. The minimum atomic E-state index is -0.398. The molecule has 0 saturated carbocycles. The molecule has 4 amide bonds. The summed E-state index contributed by atoms with van der Waals surface area (Å²) < 4.78 is 13.5. The molecular weight excluding hydrogens is 534 g/mol. The van der Waals surface area contributed by atoms with E-state index in [1.54, 1.807) is 11.8 Å². The standard InChI is InChI=1S/C31H35N7O4/c1-31(2,3)25-17-26(38(37-25)18-9-11-19(41-4)12-10-18)34-29(39)33-22-13-14-23(21-8-6-5-7-20(21)22)42-24-15-16-32-28-27(24)35-30(40)36-28/h5-14,17,24,27-28,32H,15-16H2,1-4H3,(H2,33,34,39)(H2,35,36,40). The lowest BCUT2D eigenvalue weighted by molar-refractivity contribution is 0.114. The number of piperidine rings is 1. The summed E-state index contributed by atoms with van der Waals surface area (Å²) >= 11 is 0. The van der Waals surface area contributed by atoms with Crippen molar-refractivity contribution in [3.05, 3.63) is 72.4 Å². The van der Waals surface area contributed by atoms with Gasteiger partial charge in [-0.05, 0) is 42.8 Å². The molecule has 4 aromatic rings. The predicted molar refractivity (Wildman–Crippen MR) is 162 cm³/mol. The Morgan fingerprint density at radius 2 is 1.76 bits per heavy atom. The Balaban J connectivity index is 1.24. The Labute approximate surface area is 244 Å². The van der Waals surface area contributed by atoms with Crippen molar-refractivity contribution in [1.29, 1.82) is 0 Å². The molecule has 2 saturated heterocycles. The second kappa shape index (κ2) is 10.9. The number of anilines is 2. The number of fused-ring (bicyclic) bond motifs is 2. The van der Waals surface area contributed by atoms with Gasteiger partial charge >= 0.3 is 12.1 Å². The molecule has 3 aromatic carbocycles. The number of amides is 4. The third kappa shape index (κ3) is 5.42. The second-order valence-electron chi connectivity index (χ2n) is 11.5. The smallest absolute Gasteiger partial charge is 0.324 e. The first-order valence-electron chi connectivity index (χ1n) is 14.0. The number of ether oxygens (including phenoxy) is 2. The molecule has 0 aliphatic carbocycles. The molecule has 1 aromatic heterocycles. The van der Waals surface area contributed by atoms with E-state index < -0.39 is 6.03 Å². The van der Waals surface area contributed by atoms with Crippen molar-refractivity contribution >= 4 is 34.3 Å². The van der Waals surface area contributed by atoms with E-state index in [-0.39, 0.29) is 29.8 Å². The normalized spacial score (nSPS) is 19.9. The number of carbonyl (C=O) groups excluding carboxylic acids is 2. The van der Waals surface area contributed by atoms with E-state index in [1.807, 2.05) is 66.7 Å². The van der Waals surface area contributed by atoms with Crippen LogP contribution in [0.3, 0.4) is 0 Å². The number of aromatic nitrogens is 2. The van der Waals surface area contributed by atoms with E-state index in [4.69, 9.17) is 14.6 Å². The first-order chi connectivity index (χ1) is 20.2. The van der Waals surface area contributed by atoms with Gasteiger partial charge in [0.25, 0.3) is 0 Å². The van der Waals surface area contributed by atoms with E-state index in [0.717, 1.165) is 40.9 Å². The highest BCUT2D eigenvalue weighted by molar-refractivity contribution is 6.07. The van der Waals surface area contributed by atoms with Gasteiger partial charge in [-0.15, -0.1) is 0 Å². The zero-order chi connectivity index (χ0) is 29.4. The van der Waals surface area contributed by atoms with Crippen LogP contribution in [0.5, 0.6) is 11.5 Å². The number of carbonyl (C=O) groups is 2. The average molecular weight is 570 g/mol. The summed E-state index contributed by atoms with van der Waals surface area (Å²) in [4.78, 5) is 25.3. The number of nitrogens with zero attached hydrogens (tertiary/aromatic N) is 2. The first-order valence-corrected chi connectivity index (χ1v) is 14.0. The minimum Gasteiger partial charge on any atom is -0.497 e. The fourth-order valence-electron chi connectivity index (χ4n) is 5.36. The summed E-state index contributed by atoms with van der Waals surface area (Å²) in [5, 5.41) is 21.6. The molecule has 3 atom stereocenters. The molecular formula is C31H35N7O4. The van der Waals surface area contributed by atoms with Gasteiger partial charge in [-0.1, -0.05) is 45.0 Å². The second-order valence-corrected chi connectivity index (χ2v) is 11.5. The summed E-state index contributed by atoms with van der Waals surface area (Å²) in [6.45, 7) is 6.97. The van der Waals surface area contributed by atoms with E-state index in [2.05, 4.69) is 47.4 Å². The predicted octanol–water partition coefficient (Wildman–Crippen LogP) is 4.72. The molecule has 11 nitrogen and oxygen atoms in total. The maximum atomic E-state index is 13.4. The third-order valence-corrected chi connectivity index (χ3v) is 7.58. The summed E-state index contributed by atoms with van der Waals surface area (Å²) in [7, 11) is 1.62. The number of urea groups is 2. The van der Waals surface area contributed by atoms with Crippen LogP contribution < -0.4 is 36.1 Å². The molecule has 0 spiro atoms. The van der Waals surface area contributed by atoms with Gasteiger partial charge in [0.1, 0.15) is 35.6 Å². The van der Waals surface area contributed by atoms with Crippen LogP contribution in [-0.4, -0.2) is 53.8 Å². The number of rotatable bonds is 6. The van der Waals surface area contributed by atoms with Crippen LogP contribution in [0.25, 0.3) is 16.5 Å². The quantitative estimate of drug-likeness (QED) is 0.228. The molecule has 11 heteroatoms. The van der Waals surface area contributed by atoms with Crippen molar-refractivity contribution in [3.8, 4) is 17.2 Å². The maximum Gasteiger partial charge on any atom is 0.324 e. The molecule has 42 heavy (non-hydrogen) atoms. The lowest BCUT2D eigenvalue weighted by Crippen LogP contribution is -2.58. The van der Waals surface area contributed by atoms with E-state index in [1.165, 1.54) is 0 Å². The Kier molecular flexibility index (Phi) is 7.11. The zero-order valence-electron chi connectivity index (χ0n) is 24.0. The van der Waals surface area contributed by atoms with Crippen LogP contribution in [0, 0.1) is 0 Å². The van der Waals surface area contributed by atoms with E-state index >= 15 is 0 Å². The molecule has 2 aliphatic heterocycles. The lowest BCUT2D eigenvalue weighted by Gasteiger charge is -2.33. The zero-order valence-corrected chi connectivity index (χ0v) is 24.0. The van der Waals surface area contributed by atoms with E-state index in [9.17, 15) is 9.59 Å². The molecule has 3 heterocycles. The Bertz CT molecular complexity index is 1630. The summed E-state index contributed by atoms with van der Waals surface area (Å²) in [5.41, 5.74) is 2.06. The van der Waals surface area contributed by atoms with Gasteiger partial charge in [0, 0.05) is 28.8 Å². The highest BCUT2D eigenvalue weighted by atomic mass is 16.5. The highest BCUT2D eigenvalue weighted by Gasteiger charge is 2.41. The Morgan fingerprint density at radius 1 is 1.00 bits per heavy atom. The monoisotopic (exact) mass is 569 g/mol. The fraction of sp³-hybridized carbons (Fsp3) is 0.323. The molecule has 2 aliphatic rings. The van der Waals surface area contributed by atoms with Crippen molar-refractivity contribution in [3.63, 3.8) is 0 Å². The van der Waals surface area contributed by atoms with Crippen LogP contribution in [0.4, 0.5) is 21.1 Å². The molecule has 0 radical (unpaired) electrons. The van der Waals surface area contributed by atoms with Crippen molar-refractivity contribution in [2.24, 2.45) is 0 Å². The topological polar surface area (TPSA) is 131 Å². The number of hydrogen-bond acceptors (Lipinski definition) is 6. The average Bonchev–Trinajstić information content (AvgIpc) is 3.58. The van der Waals surface area contributed by atoms with Gasteiger partial charge in [-0.25, -0.2) is 14.3 Å². The molecule has 218 valence electrons. The molecule has 2 fully saturated rings. The third-order valence-electron chi connectivity index (χ3n) is 7.58. The van der Waals surface area contributed by atoms with Gasteiger partial charge in [0.05, 0.1) is 24.2 Å². The molecule has 5 N–H and O–H groups in total. The summed E-state index contributed by atoms with van der Waals surface area (Å²) in [5.74, 6) is 1.97. The lowest BCUT2D eigenvalue weighted by atomic mass is 9.92. The summed E-state index contributed by atoms with van der Waals surface area (Å²) in [6, 6.07) is 20.1. The number of methoxy groups -OCH3 is 1. The van der Waals surface area contributed by atoms with Crippen LogP contribution in [0.15, 0.2) is 66.7 Å². The van der Waals surface area contributed by atoms with Crippen molar-refractivity contribution in [1.82, 2.24) is 25.7 Å². The highest BCUT2D eigenvalue weighted by Crippen LogP contribution is 2.34. The fourth-order valence-corrected chi connectivity index (χ4v) is 5.36. The first kappa shape index (κ1) is 27.4. The number of hydrogen-bond donors (Lipinski definition) is 5. The number of benzene rings is 3. The van der Waals surface area contributed by atoms with Gasteiger partial charge in [0.15, 0.2) is 0 Å². The van der Waals surface area contributed by atoms with Crippen LogP contribution >= 0.6 is 0 Å². The maximum absolute atomic E-state index is 13.4. The van der Waals surface area contributed by atoms with Crippen LogP contribution in [0.2, 0.25) is 0 Å². The van der Waals surface area contributed by atoms with Crippen molar-refractivity contribution in [2.75, 3.05) is 24.3 Å². The largest absolute Gasteiger partial charge is 0.497 e. The van der Waals surface area contributed by atoms with Gasteiger partial charge in [-0.2, -0.15) is 5.10 Å². The van der Waals surface area contributed by atoms with Crippen molar-refractivity contribution in [2.45, 2.75) is 50.9 Å². The molecule has 0 bridgehead atoms. The van der Waals surface area contributed by atoms with Gasteiger partial charge < -0.3 is 25.4 Å². The summed E-state index contributed by atoms with van der Waals surface area (Å²) in [6.07, 6.45) is 0.381.